The van der Waals surface area contributed by atoms with Crippen molar-refractivity contribution in [2.45, 2.75) is 45.1 Å². The number of aryl methyl sites for hydroxylation is 1. The Balaban J connectivity index is 1.50. The SMILES string of the molecule is CCC(C(=O)N1CCCC(c2nc(C)no2)C1)n1nnc(-c2ccc(Cl)cc2)n1. The van der Waals surface area contributed by atoms with Crippen LogP contribution in [0.2, 0.25) is 5.02 Å². The summed E-state index contributed by atoms with van der Waals surface area (Å²) in [7, 11) is 0. The maximum absolute atomic E-state index is 13.2. The standard InChI is InChI=1S/C19H22ClN7O2/c1-3-16(27-23-17(22-25-27)13-6-8-15(20)9-7-13)19(28)26-10-4-5-14(11-26)18-21-12(2)24-29-18/h6-9,14,16H,3-5,10-11H2,1-2H3. The van der Waals surface area contributed by atoms with Gasteiger partial charge in [-0.2, -0.15) is 9.78 Å². The molecule has 1 aromatic carbocycles. The second-order valence-electron chi connectivity index (χ2n) is 7.17. The third-order valence-corrected chi connectivity index (χ3v) is 5.36. The summed E-state index contributed by atoms with van der Waals surface area (Å²) < 4.78 is 5.32. The number of amides is 1. The molecule has 0 radical (unpaired) electrons. The lowest BCUT2D eigenvalue weighted by Crippen LogP contribution is -2.43. The Kier molecular flexibility index (Phi) is 5.57. The monoisotopic (exact) mass is 415 g/mol. The van der Waals surface area contributed by atoms with Crippen molar-refractivity contribution in [1.29, 1.82) is 0 Å². The van der Waals surface area contributed by atoms with Gasteiger partial charge in [0.1, 0.15) is 0 Å². The Morgan fingerprint density at radius 3 is 2.83 bits per heavy atom. The van der Waals surface area contributed by atoms with Gasteiger partial charge in [-0.25, -0.2) is 0 Å². The van der Waals surface area contributed by atoms with Crippen LogP contribution in [0.5, 0.6) is 0 Å². The van der Waals surface area contributed by atoms with Crippen LogP contribution in [-0.2, 0) is 4.79 Å². The van der Waals surface area contributed by atoms with Crippen molar-refractivity contribution in [1.82, 2.24) is 35.2 Å². The highest BCUT2D eigenvalue weighted by molar-refractivity contribution is 6.30. The van der Waals surface area contributed by atoms with Gasteiger partial charge >= 0.3 is 0 Å². The lowest BCUT2D eigenvalue weighted by molar-refractivity contribution is -0.137. The van der Waals surface area contributed by atoms with Crippen LogP contribution in [-0.4, -0.2) is 54.2 Å². The van der Waals surface area contributed by atoms with Crippen LogP contribution < -0.4 is 0 Å². The molecule has 9 nitrogen and oxygen atoms in total. The number of carbonyl (C=O) groups is 1. The van der Waals surface area contributed by atoms with Gasteiger partial charge in [0.2, 0.25) is 17.6 Å². The molecule has 0 bridgehead atoms. The minimum atomic E-state index is -0.508. The fraction of sp³-hybridized carbons (Fsp3) is 0.474. The number of hydrogen-bond donors (Lipinski definition) is 0. The van der Waals surface area contributed by atoms with E-state index < -0.39 is 6.04 Å². The zero-order chi connectivity index (χ0) is 20.4. The summed E-state index contributed by atoms with van der Waals surface area (Å²) in [6, 6.07) is 6.69. The minimum absolute atomic E-state index is 0.0199. The van der Waals surface area contributed by atoms with Crippen LogP contribution in [0.25, 0.3) is 11.4 Å². The van der Waals surface area contributed by atoms with Gasteiger partial charge < -0.3 is 9.42 Å². The Morgan fingerprint density at radius 1 is 1.34 bits per heavy atom. The van der Waals surface area contributed by atoms with Gasteiger partial charge in [0.25, 0.3) is 0 Å². The number of rotatable bonds is 5. The number of benzene rings is 1. The quantitative estimate of drug-likeness (QED) is 0.630. The van der Waals surface area contributed by atoms with Crippen LogP contribution in [0.1, 0.15) is 49.9 Å². The van der Waals surface area contributed by atoms with Crippen molar-refractivity contribution in [2.75, 3.05) is 13.1 Å². The van der Waals surface area contributed by atoms with E-state index >= 15 is 0 Å². The molecule has 2 atom stereocenters. The van der Waals surface area contributed by atoms with Gasteiger partial charge in [-0.1, -0.05) is 23.7 Å². The van der Waals surface area contributed by atoms with Crippen molar-refractivity contribution < 1.29 is 9.32 Å². The molecule has 29 heavy (non-hydrogen) atoms. The maximum atomic E-state index is 13.2. The second kappa shape index (κ2) is 8.28. The highest BCUT2D eigenvalue weighted by atomic mass is 35.5. The fourth-order valence-electron chi connectivity index (χ4n) is 3.58. The molecule has 0 aliphatic carbocycles. The average Bonchev–Trinajstić information content (AvgIpc) is 3.39. The summed E-state index contributed by atoms with van der Waals surface area (Å²) in [5, 5.41) is 17.2. The molecule has 1 saturated heterocycles. The molecule has 0 N–H and O–H groups in total. The van der Waals surface area contributed by atoms with Gasteiger partial charge in [-0.3, -0.25) is 4.79 Å². The van der Waals surface area contributed by atoms with Crippen LogP contribution in [0.3, 0.4) is 0 Å². The second-order valence-corrected chi connectivity index (χ2v) is 7.60. The van der Waals surface area contributed by atoms with E-state index in [2.05, 4.69) is 25.6 Å². The molecular weight excluding hydrogens is 394 g/mol. The molecule has 2 unspecified atom stereocenters. The van der Waals surface area contributed by atoms with Crippen LogP contribution in [0.4, 0.5) is 0 Å². The summed E-state index contributed by atoms with van der Waals surface area (Å²) in [5.41, 5.74) is 0.799. The van der Waals surface area contributed by atoms with E-state index in [0.29, 0.717) is 42.1 Å². The summed E-state index contributed by atoms with van der Waals surface area (Å²) in [4.78, 5) is 20.8. The number of tetrazole rings is 1. The first kappa shape index (κ1) is 19.5. The Labute approximate surface area is 173 Å². The molecule has 152 valence electrons. The van der Waals surface area contributed by atoms with Crippen molar-refractivity contribution >= 4 is 17.5 Å². The number of aromatic nitrogens is 6. The number of halogens is 1. The van der Waals surface area contributed by atoms with Crippen LogP contribution in [0, 0.1) is 6.92 Å². The first-order valence-corrected chi connectivity index (χ1v) is 10.1. The molecule has 1 aliphatic heterocycles. The maximum Gasteiger partial charge on any atom is 0.249 e. The molecule has 1 fully saturated rings. The van der Waals surface area contributed by atoms with Crippen molar-refractivity contribution in [3.8, 4) is 11.4 Å². The van der Waals surface area contributed by atoms with Gasteiger partial charge in [-0.15, -0.1) is 10.2 Å². The highest BCUT2D eigenvalue weighted by Crippen LogP contribution is 2.28. The molecule has 0 saturated carbocycles. The predicted molar refractivity (Wildman–Crippen MR) is 105 cm³/mol. The van der Waals surface area contributed by atoms with Crippen molar-refractivity contribution in [3.63, 3.8) is 0 Å². The number of likely N-dealkylation sites (tertiary alicyclic amines) is 1. The molecular formula is C19H22ClN7O2. The Morgan fingerprint density at radius 2 is 2.14 bits per heavy atom. The predicted octanol–water partition coefficient (Wildman–Crippen LogP) is 3.04. The third kappa shape index (κ3) is 4.14. The topological polar surface area (TPSA) is 103 Å². The normalized spacial score (nSPS) is 18.0. The number of hydrogen-bond acceptors (Lipinski definition) is 7. The largest absolute Gasteiger partial charge is 0.340 e. The molecule has 3 aromatic rings. The number of piperidine rings is 1. The first-order chi connectivity index (χ1) is 14.0. The van der Waals surface area contributed by atoms with Gasteiger partial charge in [-0.05, 0) is 55.7 Å². The van der Waals surface area contributed by atoms with E-state index in [1.54, 1.807) is 19.1 Å². The Hall–Kier alpha value is -2.81. The molecule has 10 heteroatoms. The van der Waals surface area contributed by atoms with Gasteiger partial charge in [0.05, 0.1) is 5.92 Å². The van der Waals surface area contributed by atoms with E-state index in [1.165, 1.54) is 4.80 Å². The molecule has 3 heterocycles. The fourth-order valence-corrected chi connectivity index (χ4v) is 3.70. The number of carbonyl (C=O) groups excluding carboxylic acids is 1. The molecule has 1 aliphatic rings. The summed E-state index contributed by atoms with van der Waals surface area (Å²) in [6.45, 7) is 4.98. The molecule has 4 rings (SSSR count). The van der Waals surface area contributed by atoms with E-state index in [9.17, 15) is 4.79 Å². The van der Waals surface area contributed by atoms with Crippen molar-refractivity contribution in [2.24, 2.45) is 0 Å². The van der Waals surface area contributed by atoms with E-state index in [-0.39, 0.29) is 11.8 Å². The molecule has 2 aromatic heterocycles. The summed E-state index contributed by atoms with van der Waals surface area (Å²) >= 11 is 5.94. The van der Waals surface area contributed by atoms with Gasteiger partial charge in [0, 0.05) is 23.7 Å². The van der Waals surface area contributed by atoms with E-state index in [1.807, 2.05) is 24.0 Å². The molecule has 1 amide bonds. The van der Waals surface area contributed by atoms with Crippen LogP contribution >= 0.6 is 11.6 Å². The smallest absolute Gasteiger partial charge is 0.249 e. The minimum Gasteiger partial charge on any atom is -0.340 e. The first-order valence-electron chi connectivity index (χ1n) is 9.69. The summed E-state index contributed by atoms with van der Waals surface area (Å²) in [5.74, 6) is 1.70. The van der Waals surface area contributed by atoms with Crippen LogP contribution in [0.15, 0.2) is 28.8 Å². The average molecular weight is 416 g/mol. The lowest BCUT2D eigenvalue weighted by Gasteiger charge is -2.33. The van der Waals surface area contributed by atoms with E-state index in [0.717, 1.165) is 18.4 Å². The lowest BCUT2D eigenvalue weighted by atomic mass is 9.97. The van der Waals surface area contributed by atoms with Crippen molar-refractivity contribution in [3.05, 3.63) is 41.0 Å². The zero-order valence-corrected chi connectivity index (χ0v) is 17.1. The third-order valence-electron chi connectivity index (χ3n) is 5.11. The summed E-state index contributed by atoms with van der Waals surface area (Å²) in [6.07, 6.45) is 2.37. The Bertz CT molecular complexity index is 985. The van der Waals surface area contributed by atoms with E-state index in [4.69, 9.17) is 16.1 Å². The zero-order valence-electron chi connectivity index (χ0n) is 16.3. The van der Waals surface area contributed by atoms with Gasteiger partial charge in [0.15, 0.2) is 11.9 Å². The number of nitrogens with zero attached hydrogens (tertiary/aromatic N) is 7. The highest BCUT2D eigenvalue weighted by Gasteiger charge is 2.33. The molecule has 0 spiro atoms.